The maximum atomic E-state index is 5.96. The van der Waals surface area contributed by atoms with E-state index in [1.54, 1.807) is 0 Å². The number of hydrogen-bond donors (Lipinski definition) is 3. The first-order chi connectivity index (χ1) is 13.2. The van der Waals surface area contributed by atoms with Gasteiger partial charge in [0.2, 0.25) is 0 Å². The Morgan fingerprint density at radius 2 is 1.93 bits per heavy atom. The maximum absolute atomic E-state index is 5.96. The number of hydrogen-bond acceptors (Lipinski definition) is 3. The standard InChI is InChI=1S/C22H23N5/c23-22(24-16-7-8-16)25-17-9-11-19-15(13-17)6-12-21(26-19)27-20-10-5-14-3-1-2-4-18(14)20/h1-4,6,9,11-13,16,20H,5,7-8,10H2,(H,26,27)(H3,23,24,25). The summed E-state index contributed by atoms with van der Waals surface area (Å²) < 4.78 is 0. The Hall–Kier alpha value is -3.08. The summed E-state index contributed by atoms with van der Waals surface area (Å²) in [6.45, 7) is 0. The molecule has 0 saturated heterocycles. The zero-order valence-electron chi connectivity index (χ0n) is 15.2. The smallest absolute Gasteiger partial charge is 0.193 e. The fourth-order valence-corrected chi connectivity index (χ4v) is 3.75. The molecule has 1 fully saturated rings. The molecule has 1 saturated carbocycles. The van der Waals surface area contributed by atoms with Crippen LogP contribution in [0, 0.1) is 0 Å². The molecule has 0 spiro atoms. The van der Waals surface area contributed by atoms with E-state index >= 15 is 0 Å². The SMILES string of the molecule is NC(=NC1CC1)Nc1ccc2nc(NC3CCc4ccccc43)ccc2c1. The molecule has 0 aliphatic heterocycles. The lowest BCUT2D eigenvalue weighted by atomic mass is 10.1. The number of aromatic nitrogens is 1. The van der Waals surface area contributed by atoms with E-state index < -0.39 is 0 Å². The lowest BCUT2D eigenvalue weighted by Gasteiger charge is -2.15. The molecule has 2 aliphatic rings. The number of anilines is 2. The van der Waals surface area contributed by atoms with E-state index in [0.717, 1.165) is 48.1 Å². The Balaban J connectivity index is 1.34. The summed E-state index contributed by atoms with van der Waals surface area (Å²) >= 11 is 0. The number of nitrogens with one attached hydrogen (secondary N) is 2. The van der Waals surface area contributed by atoms with Crippen molar-refractivity contribution in [3.63, 3.8) is 0 Å². The minimum Gasteiger partial charge on any atom is -0.370 e. The molecular formula is C22H23N5. The van der Waals surface area contributed by atoms with Crippen molar-refractivity contribution >= 4 is 28.4 Å². The molecule has 1 aromatic heterocycles. The van der Waals surface area contributed by atoms with Crippen LogP contribution in [0.1, 0.15) is 36.4 Å². The second kappa shape index (κ2) is 6.58. The van der Waals surface area contributed by atoms with Gasteiger partial charge in [-0.1, -0.05) is 24.3 Å². The molecular weight excluding hydrogens is 334 g/mol. The third-order valence-electron chi connectivity index (χ3n) is 5.29. The molecule has 5 heteroatoms. The van der Waals surface area contributed by atoms with Crippen LogP contribution in [0.15, 0.2) is 59.6 Å². The monoisotopic (exact) mass is 357 g/mol. The second-order valence-corrected chi connectivity index (χ2v) is 7.41. The van der Waals surface area contributed by atoms with Gasteiger partial charge >= 0.3 is 0 Å². The van der Waals surface area contributed by atoms with Gasteiger partial charge in [0, 0.05) is 11.1 Å². The number of rotatable bonds is 4. The van der Waals surface area contributed by atoms with Crippen molar-refractivity contribution in [1.29, 1.82) is 0 Å². The summed E-state index contributed by atoms with van der Waals surface area (Å²) in [6, 6.07) is 19.6. The van der Waals surface area contributed by atoms with Gasteiger partial charge in [-0.3, -0.25) is 0 Å². The van der Waals surface area contributed by atoms with E-state index in [4.69, 9.17) is 10.7 Å². The fourth-order valence-electron chi connectivity index (χ4n) is 3.75. The number of aryl methyl sites for hydroxylation is 1. The Morgan fingerprint density at radius 1 is 1.04 bits per heavy atom. The number of nitrogens with two attached hydrogens (primary N) is 1. The van der Waals surface area contributed by atoms with Crippen molar-refractivity contribution in [2.45, 2.75) is 37.8 Å². The average molecular weight is 357 g/mol. The van der Waals surface area contributed by atoms with E-state index in [2.05, 4.69) is 58.1 Å². The van der Waals surface area contributed by atoms with Crippen molar-refractivity contribution in [2.75, 3.05) is 10.6 Å². The predicted octanol–water partition coefficient (Wildman–Crippen LogP) is 4.22. The highest BCUT2D eigenvalue weighted by Gasteiger charge is 2.22. The summed E-state index contributed by atoms with van der Waals surface area (Å²) in [6.07, 6.45) is 4.53. The highest BCUT2D eigenvalue weighted by Crippen LogP contribution is 2.33. The minimum absolute atomic E-state index is 0.338. The van der Waals surface area contributed by atoms with Gasteiger partial charge in [0.05, 0.1) is 17.6 Å². The van der Waals surface area contributed by atoms with Crippen LogP contribution >= 0.6 is 0 Å². The van der Waals surface area contributed by atoms with Crippen LogP contribution in [-0.2, 0) is 6.42 Å². The van der Waals surface area contributed by atoms with Crippen molar-refractivity contribution in [1.82, 2.24) is 4.98 Å². The molecule has 1 atom stereocenters. The summed E-state index contributed by atoms with van der Waals surface area (Å²) in [5.41, 5.74) is 10.7. The van der Waals surface area contributed by atoms with Crippen molar-refractivity contribution in [3.05, 3.63) is 65.7 Å². The Labute approximate surface area is 158 Å². The van der Waals surface area contributed by atoms with Crippen LogP contribution in [0.4, 0.5) is 11.5 Å². The topological polar surface area (TPSA) is 75.3 Å². The molecule has 5 rings (SSSR count). The Bertz CT molecular complexity index is 1020. The summed E-state index contributed by atoms with van der Waals surface area (Å²) in [4.78, 5) is 9.20. The normalized spacial score (nSPS) is 19.1. The molecule has 5 nitrogen and oxygen atoms in total. The molecule has 0 bridgehead atoms. The van der Waals surface area contributed by atoms with Crippen LogP contribution in [0.3, 0.4) is 0 Å². The van der Waals surface area contributed by atoms with E-state index in [1.165, 1.54) is 11.1 Å². The summed E-state index contributed by atoms with van der Waals surface area (Å²) in [5.74, 6) is 1.41. The molecule has 0 amide bonds. The zero-order valence-corrected chi connectivity index (χ0v) is 15.2. The Morgan fingerprint density at radius 3 is 2.81 bits per heavy atom. The third-order valence-corrected chi connectivity index (χ3v) is 5.29. The van der Waals surface area contributed by atoms with Gasteiger partial charge in [-0.05, 0) is 67.1 Å². The largest absolute Gasteiger partial charge is 0.370 e. The Kier molecular flexibility index (Phi) is 3.93. The number of fused-ring (bicyclic) bond motifs is 2. The second-order valence-electron chi connectivity index (χ2n) is 7.41. The van der Waals surface area contributed by atoms with Gasteiger partial charge in [-0.2, -0.15) is 0 Å². The van der Waals surface area contributed by atoms with E-state index in [9.17, 15) is 0 Å². The quantitative estimate of drug-likeness (QED) is 0.483. The van der Waals surface area contributed by atoms with Gasteiger partial charge in [0.1, 0.15) is 5.82 Å². The van der Waals surface area contributed by atoms with Crippen molar-refractivity contribution in [3.8, 4) is 0 Å². The van der Waals surface area contributed by atoms with Crippen LogP contribution in [0.2, 0.25) is 0 Å². The van der Waals surface area contributed by atoms with E-state index in [0.29, 0.717) is 18.0 Å². The van der Waals surface area contributed by atoms with Crippen LogP contribution in [0.5, 0.6) is 0 Å². The average Bonchev–Trinajstić information content (AvgIpc) is 3.40. The van der Waals surface area contributed by atoms with Crippen LogP contribution in [-0.4, -0.2) is 17.0 Å². The van der Waals surface area contributed by atoms with Gasteiger partial charge in [0.15, 0.2) is 5.96 Å². The molecule has 1 heterocycles. The minimum atomic E-state index is 0.338. The molecule has 27 heavy (non-hydrogen) atoms. The number of nitrogens with zero attached hydrogens (tertiary/aromatic N) is 2. The highest BCUT2D eigenvalue weighted by atomic mass is 15.1. The van der Waals surface area contributed by atoms with Crippen molar-refractivity contribution in [2.24, 2.45) is 10.7 Å². The number of guanidine groups is 1. The first-order valence-corrected chi connectivity index (χ1v) is 9.60. The molecule has 0 radical (unpaired) electrons. The predicted molar refractivity (Wildman–Crippen MR) is 111 cm³/mol. The van der Waals surface area contributed by atoms with E-state index in [1.807, 2.05) is 12.1 Å². The first-order valence-electron chi connectivity index (χ1n) is 9.60. The van der Waals surface area contributed by atoms with Gasteiger partial charge in [-0.15, -0.1) is 0 Å². The molecule has 1 unspecified atom stereocenters. The summed E-state index contributed by atoms with van der Waals surface area (Å²) in [7, 11) is 0. The van der Waals surface area contributed by atoms with Gasteiger partial charge in [-0.25, -0.2) is 9.98 Å². The molecule has 2 aliphatic carbocycles. The molecule has 4 N–H and O–H groups in total. The van der Waals surface area contributed by atoms with Crippen LogP contribution in [0.25, 0.3) is 10.9 Å². The van der Waals surface area contributed by atoms with Crippen LogP contribution < -0.4 is 16.4 Å². The maximum Gasteiger partial charge on any atom is 0.193 e. The van der Waals surface area contributed by atoms with E-state index in [-0.39, 0.29) is 0 Å². The lowest BCUT2D eigenvalue weighted by molar-refractivity contribution is 0.758. The zero-order chi connectivity index (χ0) is 18.2. The van der Waals surface area contributed by atoms with Crippen molar-refractivity contribution < 1.29 is 0 Å². The lowest BCUT2D eigenvalue weighted by Crippen LogP contribution is -2.22. The molecule has 2 aromatic carbocycles. The number of benzene rings is 2. The highest BCUT2D eigenvalue weighted by molar-refractivity contribution is 5.95. The van der Waals surface area contributed by atoms with Gasteiger partial charge in [0.25, 0.3) is 0 Å². The van der Waals surface area contributed by atoms with Gasteiger partial charge < -0.3 is 16.4 Å². The molecule has 3 aromatic rings. The summed E-state index contributed by atoms with van der Waals surface area (Å²) in [5, 5.41) is 7.85. The first kappa shape index (κ1) is 16.1. The number of aliphatic imine (C=N–C) groups is 1. The number of pyridine rings is 1. The molecule has 136 valence electrons. The third kappa shape index (κ3) is 3.45. The fraction of sp³-hybridized carbons (Fsp3) is 0.273.